The molecule has 0 unspecified atom stereocenters. The van der Waals surface area contributed by atoms with Crippen molar-refractivity contribution in [3.8, 4) is 11.1 Å². The SMILES string of the molecule is NS(=O)(=O)c1cc(NC(=O)Cc2ccccc2Cl)ccc1-c1cncc(C(F)(F)F)c1. The molecule has 6 nitrogen and oxygen atoms in total. The van der Waals surface area contributed by atoms with Crippen LogP contribution < -0.4 is 10.5 Å². The van der Waals surface area contributed by atoms with Gasteiger partial charge in [-0.25, -0.2) is 13.6 Å². The number of hydrogen-bond acceptors (Lipinski definition) is 4. The van der Waals surface area contributed by atoms with Crippen LogP contribution in [-0.2, 0) is 27.4 Å². The number of sulfonamides is 1. The van der Waals surface area contributed by atoms with Gasteiger partial charge in [0.05, 0.1) is 16.9 Å². The molecule has 3 N–H and O–H groups in total. The summed E-state index contributed by atoms with van der Waals surface area (Å²) in [4.78, 5) is 15.4. The van der Waals surface area contributed by atoms with Gasteiger partial charge in [0.25, 0.3) is 0 Å². The summed E-state index contributed by atoms with van der Waals surface area (Å²) in [5.41, 5.74) is -0.537. The monoisotopic (exact) mass is 469 g/mol. The third-order valence-electron chi connectivity index (χ3n) is 4.26. The molecule has 0 bridgehead atoms. The summed E-state index contributed by atoms with van der Waals surface area (Å²) in [5, 5.41) is 8.19. The molecule has 3 rings (SSSR count). The fourth-order valence-corrected chi connectivity index (χ4v) is 3.82. The normalized spacial score (nSPS) is 11.9. The highest BCUT2D eigenvalue weighted by Crippen LogP contribution is 2.34. The second kappa shape index (κ2) is 8.66. The Bertz CT molecular complexity index is 1250. The van der Waals surface area contributed by atoms with Gasteiger partial charge in [0.15, 0.2) is 0 Å². The van der Waals surface area contributed by atoms with E-state index in [1.807, 2.05) is 0 Å². The van der Waals surface area contributed by atoms with Crippen LogP contribution in [0.2, 0.25) is 5.02 Å². The molecule has 162 valence electrons. The highest BCUT2D eigenvalue weighted by molar-refractivity contribution is 7.89. The van der Waals surface area contributed by atoms with E-state index < -0.39 is 32.6 Å². The lowest BCUT2D eigenvalue weighted by Crippen LogP contribution is -2.17. The molecule has 0 aliphatic heterocycles. The molecule has 0 aliphatic rings. The number of carbonyl (C=O) groups excluding carboxylic acids is 1. The highest BCUT2D eigenvalue weighted by Gasteiger charge is 2.31. The van der Waals surface area contributed by atoms with E-state index in [9.17, 15) is 26.4 Å². The summed E-state index contributed by atoms with van der Waals surface area (Å²) in [7, 11) is -4.34. The van der Waals surface area contributed by atoms with Gasteiger partial charge >= 0.3 is 6.18 Å². The predicted molar refractivity (Wildman–Crippen MR) is 110 cm³/mol. The van der Waals surface area contributed by atoms with E-state index in [0.29, 0.717) is 16.8 Å². The molecule has 0 saturated heterocycles. The molecule has 0 radical (unpaired) electrons. The molecule has 0 aliphatic carbocycles. The zero-order valence-electron chi connectivity index (χ0n) is 15.7. The number of hydrogen-bond donors (Lipinski definition) is 2. The first kappa shape index (κ1) is 22.7. The molecule has 2 aromatic carbocycles. The van der Waals surface area contributed by atoms with Gasteiger partial charge < -0.3 is 5.32 Å². The number of alkyl halides is 3. The Balaban J connectivity index is 1.95. The summed E-state index contributed by atoms with van der Waals surface area (Å²) in [5.74, 6) is -0.470. The Morgan fingerprint density at radius 2 is 1.81 bits per heavy atom. The van der Waals surface area contributed by atoms with Gasteiger partial charge in [0.1, 0.15) is 0 Å². The van der Waals surface area contributed by atoms with Crippen molar-refractivity contribution in [2.24, 2.45) is 5.14 Å². The Labute approximate surface area is 180 Å². The van der Waals surface area contributed by atoms with Gasteiger partial charge in [0.2, 0.25) is 15.9 Å². The fourth-order valence-electron chi connectivity index (χ4n) is 2.84. The van der Waals surface area contributed by atoms with E-state index in [2.05, 4.69) is 10.3 Å². The Morgan fingerprint density at radius 3 is 2.45 bits per heavy atom. The van der Waals surface area contributed by atoms with Crippen molar-refractivity contribution in [1.29, 1.82) is 0 Å². The Morgan fingerprint density at radius 1 is 1.10 bits per heavy atom. The number of nitrogens with one attached hydrogen (secondary N) is 1. The lowest BCUT2D eigenvalue weighted by Gasteiger charge is -2.13. The zero-order chi connectivity index (χ0) is 22.8. The number of pyridine rings is 1. The minimum absolute atomic E-state index is 0.0658. The molecule has 0 fully saturated rings. The van der Waals surface area contributed by atoms with Crippen molar-refractivity contribution in [3.05, 3.63) is 77.1 Å². The maximum Gasteiger partial charge on any atom is 0.417 e. The van der Waals surface area contributed by atoms with Crippen LogP contribution in [0, 0.1) is 0 Å². The third kappa shape index (κ3) is 5.60. The summed E-state index contributed by atoms with van der Waals surface area (Å²) in [6.07, 6.45) is -3.00. The van der Waals surface area contributed by atoms with Gasteiger partial charge in [0, 0.05) is 34.2 Å². The number of anilines is 1. The summed E-state index contributed by atoms with van der Waals surface area (Å²) in [6, 6.07) is 11.2. The molecule has 1 heterocycles. The summed E-state index contributed by atoms with van der Waals surface area (Å²) < 4.78 is 63.2. The number of rotatable bonds is 5. The first-order valence-corrected chi connectivity index (χ1v) is 10.6. The number of halogens is 4. The average Bonchev–Trinajstić information content (AvgIpc) is 2.68. The fraction of sp³-hybridized carbons (Fsp3) is 0.100. The number of nitrogens with two attached hydrogens (primary N) is 1. The van der Waals surface area contributed by atoms with Crippen molar-refractivity contribution in [1.82, 2.24) is 4.98 Å². The minimum atomic E-state index is -4.66. The number of benzene rings is 2. The van der Waals surface area contributed by atoms with Crippen LogP contribution in [0.15, 0.2) is 65.8 Å². The lowest BCUT2D eigenvalue weighted by atomic mass is 10.0. The standard InChI is InChI=1S/C20H15ClF3N3O3S/c21-17-4-2-1-3-12(17)8-19(28)27-15-5-6-16(18(9-15)31(25,29)30)13-7-14(11-26-10-13)20(22,23)24/h1-7,9-11H,8H2,(H,27,28)(H2,25,29,30). The van der Waals surface area contributed by atoms with Gasteiger partial charge in [-0.15, -0.1) is 0 Å². The first-order chi connectivity index (χ1) is 14.4. The van der Waals surface area contributed by atoms with Crippen molar-refractivity contribution in [3.63, 3.8) is 0 Å². The lowest BCUT2D eigenvalue weighted by molar-refractivity contribution is -0.137. The van der Waals surface area contributed by atoms with Crippen molar-refractivity contribution < 1.29 is 26.4 Å². The van der Waals surface area contributed by atoms with Crippen LogP contribution in [0.3, 0.4) is 0 Å². The summed E-state index contributed by atoms with van der Waals surface area (Å²) >= 11 is 6.03. The van der Waals surface area contributed by atoms with E-state index in [-0.39, 0.29) is 23.2 Å². The largest absolute Gasteiger partial charge is 0.417 e. The third-order valence-corrected chi connectivity index (χ3v) is 5.58. The topological polar surface area (TPSA) is 102 Å². The van der Waals surface area contributed by atoms with Gasteiger partial charge in [-0.3, -0.25) is 9.78 Å². The van der Waals surface area contributed by atoms with Gasteiger partial charge in [-0.2, -0.15) is 13.2 Å². The van der Waals surface area contributed by atoms with Crippen molar-refractivity contribution in [2.75, 3.05) is 5.32 Å². The van der Waals surface area contributed by atoms with Crippen molar-refractivity contribution >= 4 is 33.2 Å². The van der Waals surface area contributed by atoms with E-state index >= 15 is 0 Å². The number of aromatic nitrogens is 1. The van der Waals surface area contributed by atoms with E-state index in [1.54, 1.807) is 24.3 Å². The van der Waals surface area contributed by atoms with E-state index in [1.165, 1.54) is 12.1 Å². The number of nitrogens with zero attached hydrogens (tertiary/aromatic N) is 1. The Kier molecular flexibility index (Phi) is 6.35. The maximum absolute atomic E-state index is 13.0. The van der Waals surface area contributed by atoms with Crippen LogP contribution >= 0.6 is 11.6 Å². The zero-order valence-corrected chi connectivity index (χ0v) is 17.2. The van der Waals surface area contributed by atoms with Crippen LogP contribution in [-0.4, -0.2) is 19.3 Å². The van der Waals surface area contributed by atoms with Crippen LogP contribution in [0.1, 0.15) is 11.1 Å². The van der Waals surface area contributed by atoms with Crippen molar-refractivity contribution in [2.45, 2.75) is 17.5 Å². The highest BCUT2D eigenvalue weighted by atomic mass is 35.5. The molecule has 11 heteroatoms. The smallest absolute Gasteiger partial charge is 0.326 e. The first-order valence-electron chi connectivity index (χ1n) is 8.68. The van der Waals surface area contributed by atoms with Gasteiger partial charge in [-0.05, 0) is 29.8 Å². The maximum atomic E-state index is 13.0. The number of primary sulfonamides is 1. The molecular formula is C20H15ClF3N3O3S. The van der Waals surface area contributed by atoms with Crippen LogP contribution in [0.5, 0.6) is 0 Å². The second-order valence-corrected chi connectivity index (χ2v) is 8.47. The second-order valence-electron chi connectivity index (χ2n) is 6.53. The van der Waals surface area contributed by atoms with E-state index in [0.717, 1.165) is 18.3 Å². The molecule has 0 saturated carbocycles. The predicted octanol–water partition coefficient (Wildman–Crippen LogP) is 4.25. The molecule has 31 heavy (non-hydrogen) atoms. The molecule has 1 amide bonds. The van der Waals surface area contributed by atoms with Crippen LogP contribution in [0.4, 0.5) is 18.9 Å². The van der Waals surface area contributed by atoms with Gasteiger partial charge in [-0.1, -0.05) is 35.9 Å². The molecule has 0 atom stereocenters. The minimum Gasteiger partial charge on any atom is -0.326 e. The van der Waals surface area contributed by atoms with E-state index in [4.69, 9.17) is 16.7 Å². The van der Waals surface area contributed by atoms with Crippen LogP contribution in [0.25, 0.3) is 11.1 Å². The number of carbonyl (C=O) groups is 1. The molecule has 3 aromatic rings. The average molecular weight is 470 g/mol. The molecular weight excluding hydrogens is 455 g/mol. The Hall–Kier alpha value is -2.95. The quantitative estimate of drug-likeness (QED) is 0.583. The molecule has 1 aromatic heterocycles. The summed E-state index contributed by atoms with van der Waals surface area (Å²) in [6.45, 7) is 0. The number of amides is 1. The molecule has 0 spiro atoms.